The van der Waals surface area contributed by atoms with Crippen LogP contribution >= 0.6 is 0 Å². The number of benzene rings is 2. The van der Waals surface area contributed by atoms with Crippen LogP contribution in [-0.2, 0) is 16.4 Å². The lowest BCUT2D eigenvalue weighted by molar-refractivity contribution is 0.0698. The summed E-state index contributed by atoms with van der Waals surface area (Å²) in [6.07, 6.45) is 2.69. The lowest BCUT2D eigenvalue weighted by Crippen LogP contribution is -2.47. The fourth-order valence-electron chi connectivity index (χ4n) is 4.05. The highest BCUT2D eigenvalue weighted by Gasteiger charge is 2.31. The summed E-state index contributed by atoms with van der Waals surface area (Å²) in [6, 6.07) is 14.3. The molecule has 2 aromatic rings. The number of carbonyl (C=O) groups excluding carboxylic acids is 1. The van der Waals surface area contributed by atoms with E-state index in [1.807, 2.05) is 36.2 Å². The van der Waals surface area contributed by atoms with E-state index < -0.39 is 10.0 Å². The van der Waals surface area contributed by atoms with Gasteiger partial charge in [0.1, 0.15) is 0 Å². The molecule has 0 saturated carbocycles. The molecule has 2 heterocycles. The summed E-state index contributed by atoms with van der Waals surface area (Å²) in [5.74, 6) is -0.112. The maximum Gasteiger partial charge on any atom is 0.264 e. The minimum absolute atomic E-state index is 0.112. The number of hydrogen-bond donors (Lipinski definition) is 1. The second-order valence-corrected chi connectivity index (χ2v) is 9.23. The number of carbonyl (C=O) groups is 1. The minimum atomic E-state index is -3.70. The summed E-state index contributed by atoms with van der Waals surface area (Å²) >= 11 is 0. The second-order valence-electron chi connectivity index (χ2n) is 7.36. The van der Waals surface area contributed by atoms with Gasteiger partial charge in [-0.3, -0.25) is 9.10 Å². The van der Waals surface area contributed by atoms with Crippen molar-refractivity contribution in [1.82, 2.24) is 10.2 Å². The first-order valence-electron chi connectivity index (χ1n) is 9.68. The topological polar surface area (TPSA) is 69.7 Å². The van der Waals surface area contributed by atoms with Crippen LogP contribution in [0.2, 0.25) is 0 Å². The van der Waals surface area contributed by atoms with Crippen LogP contribution in [-0.4, -0.2) is 51.9 Å². The van der Waals surface area contributed by atoms with Crippen LogP contribution in [0.25, 0.3) is 0 Å². The Morgan fingerprint density at radius 3 is 2.75 bits per heavy atom. The van der Waals surface area contributed by atoms with E-state index in [4.69, 9.17) is 0 Å². The number of anilines is 1. The van der Waals surface area contributed by atoms with Crippen LogP contribution in [0.4, 0.5) is 5.69 Å². The Labute approximate surface area is 166 Å². The standard InChI is InChI=1S/C21H25N3O3S/c1-22-18-8-5-12-23(15-18)21(25)17-7-4-9-19(14-17)28(26,27)24-13-11-16-6-2-3-10-20(16)24/h2-4,6-7,9-10,14,18,22H,5,8,11-13,15H2,1H3. The quantitative estimate of drug-likeness (QED) is 0.856. The third-order valence-corrected chi connectivity index (χ3v) is 7.44. The summed E-state index contributed by atoms with van der Waals surface area (Å²) in [6.45, 7) is 1.77. The summed E-state index contributed by atoms with van der Waals surface area (Å²) in [5.41, 5.74) is 2.18. The van der Waals surface area contributed by atoms with Gasteiger partial charge in [0.15, 0.2) is 0 Å². The predicted octanol–water partition coefficient (Wildman–Crippen LogP) is 2.26. The second kappa shape index (κ2) is 7.56. The zero-order valence-electron chi connectivity index (χ0n) is 16.0. The van der Waals surface area contributed by atoms with Crippen molar-refractivity contribution in [3.05, 3.63) is 59.7 Å². The van der Waals surface area contributed by atoms with Gasteiger partial charge in [0.05, 0.1) is 10.6 Å². The van der Waals surface area contributed by atoms with Gasteiger partial charge in [-0.2, -0.15) is 0 Å². The van der Waals surface area contributed by atoms with Gasteiger partial charge in [-0.05, 0) is 56.1 Å². The number of likely N-dealkylation sites (N-methyl/N-ethyl adjacent to an activating group) is 1. The molecule has 0 spiro atoms. The van der Waals surface area contributed by atoms with Crippen molar-refractivity contribution in [2.24, 2.45) is 0 Å². The zero-order chi connectivity index (χ0) is 19.7. The number of hydrogen-bond acceptors (Lipinski definition) is 4. The fourth-order valence-corrected chi connectivity index (χ4v) is 5.60. The Bertz CT molecular complexity index is 990. The van der Waals surface area contributed by atoms with Crippen LogP contribution in [0.5, 0.6) is 0 Å². The molecule has 6 nitrogen and oxygen atoms in total. The van der Waals surface area contributed by atoms with Crippen molar-refractivity contribution >= 4 is 21.6 Å². The molecule has 28 heavy (non-hydrogen) atoms. The van der Waals surface area contributed by atoms with E-state index in [1.165, 1.54) is 10.4 Å². The van der Waals surface area contributed by atoms with E-state index >= 15 is 0 Å². The molecule has 1 N–H and O–H groups in total. The Hall–Kier alpha value is -2.38. The Morgan fingerprint density at radius 2 is 1.93 bits per heavy atom. The number of fused-ring (bicyclic) bond motifs is 1. The average molecular weight is 400 g/mol. The summed E-state index contributed by atoms with van der Waals surface area (Å²) in [5, 5.41) is 3.23. The van der Waals surface area contributed by atoms with Gasteiger partial charge in [-0.25, -0.2) is 8.42 Å². The molecule has 7 heteroatoms. The van der Waals surface area contributed by atoms with Gasteiger partial charge < -0.3 is 10.2 Å². The minimum Gasteiger partial charge on any atom is -0.337 e. The first kappa shape index (κ1) is 19.0. The lowest BCUT2D eigenvalue weighted by Gasteiger charge is -2.32. The molecule has 2 aliphatic rings. The van der Waals surface area contributed by atoms with Crippen LogP contribution in [0.3, 0.4) is 0 Å². The molecule has 4 rings (SSSR count). The van der Waals surface area contributed by atoms with Crippen molar-refractivity contribution in [3.63, 3.8) is 0 Å². The highest BCUT2D eigenvalue weighted by atomic mass is 32.2. The van der Waals surface area contributed by atoms with E-state index in [2.05, 4.69) is 5.32 Å². The number of rotatable bonds is 4. The number of nitrogens with one attached hydrogen (secondary N) is 1. The number of nitrogens with zero attached hydrogens (tertiary/aromatic N) is 2. The molecule has 1 amide bonds. The van der Waals surface area contributed by atoms with Gasteiger partial charge in [-0.1, -0.05) is 24.3 Å². The molecular formula is C21H25N3O3S. The van der Waals surface area contributed by atoms with Gasteiger partial charge in [-0.15, -0.1) is 0 Å². The van der Waals surface area contributed by atoms with E-state index in [0.717, 1.165) is 24.1 Å². The van der Waals surface area contributed by atoms with Crippen LogP contribution in [0, 0.1) is 0 Å². The molecule has 1 unspecified atom stereocenters. The van der Waals surface area contributed by atoms with Gasteiger partial charge in [0.25, 0.3) is 15.9 Å². The van der Waals surface area contributed by atoms with E-state index in [0.29, 0.717) is 31.6 Å². The van der Waals surface area contributed by atoms with Crippen molar-refractivity contribution in [2.45, 2.75) is 30.2 Å². The van der Waals surface area contributed by atoms with Crippen molar-refractivity contribution in [1.29, 1.82) is 0 Å². The van der Waals surface area contributed by atoms with E-state index in [9.17, 15) is 13.2 Å². The third-order valence-electron chi connectivity index (χ3n) is 5.63. The van der Waals surface area contributed by atoms with Gasteiger partial charge >= 0.3 is 0 Å². The normalized spacial score (nSPS) is 19.5. The number of piperidine rings is 1. The van der Waals surface area contributed by atoms with E-state index in [1.54, 1.807) is 18.2 Å². The Kier molecular flexibility index (Phi) is 5.12. The predicted molar refractivity (Wildman–Crippen MR) is 109 cm³/mol. The van der Waals surface area contributed by atoms with Crippen LogP contribution in [0.1, 0.15) is 28.8 Å². The highest BCUT2D eigenvalue weighted by molar-refractivity contribution is 7.92. The maximum absolute atomic E-state index is 13.2. The summed E-state index contributed by atoms with van der Waals surface area (Å²) in [7, 11) is -1.80. The van der Waals surface area contributed by atoms with Crippen molar-refractivity contribution in [3.8, 4) is 0 Å². The molecule has 0 bridgehead atoms. The Balaban J connectivity index is 1.61. The molecule has 0 aliphatic carbocycles. The lowest BCUT2D eigenvalue weighted by atomic mass is 10.0. The first-order chi connectivity index (χ1) is 13.5. The SMILES string of the molecule is CNC1CCCN(C(=O)c2cccc(S(=O)(=O)N3CCc4ccccc43)c2)C1. The first-order valence-corrected chi connectivity index (χ1v) is 11.1. The molecule has 148 valence electrons. The molecule has 1 fully saturated rings. The highest BCUT2D eigenvalue weighted by Crippen LogP contribution is 2.32. The number of sulfonamides is 1. The van der Waals surface area contributed by atoms with Gasteiger partial charge in [0.2, 0.25) is 0 Å². The molecular weight excluding hydrogens is 374 g/mol. The largest absolute Gasteiger partial charge is 0.337 e. The molecule has 0 radical (unpaired) electrons. The summed E-state index contributed by atoms with van der Waals surface area (Å²) in [4.78, 5) is 14.9. The molecule has 2 aliphatic heterocycles. The monoisotopic (exact) mass is 399 g/mol. The number of para-hydroxylation sites is 1. The van der Waals surface area contributed by atoms with Crippen molar-refractivity contribution in [2.75, 3.05) is 31.0 Å². The molecule has 1 atom stereocenters. The third kappa shape index (κ3) is 3.40. The van der Waals surface area contributed by atoms with Crippen LogP contribution < -0.4 is 9.62 Å². The molecule has 2 aromatic carbocycles. The number of amides is 1. The fraction of sp³-hybridized carbons (Fsp3) is 0.381. The molecule has 0 aromatic heterocycles. The number of likely N-dealkylation sites (tertiary alicyclic amines) is 1. The zero-order valence-corrected chi connectivity index (χ0v) is 16.8. The van der Waals surface area contributed by atoms with E-state index in [-0.39, 0.29) is 16.8 Å². The van der Waals surface area contributed by atoms with Crippen LogP contribution in [0.15, 0.2) is 53.4 Å². The average Bonchev–Trinajstić information content (AvgIpc) is 3.18. The van der Waals surface area contributed by atoms with Crippen molar-refractivity contribution < 1.29 is 13.2 Å². The maximum atomic E-state index is 13.2. The Morgan fingerprint density at radius 1 is 1.11 bits per heavy atom. The molecule has 1 saturated heterocycles. The smallest absolute Gasteiger partial charge is 0.264 e. The van der Waals surface area contributed by atoms with Gasteiger partial charge in [0, 0.05) is 31.2 Å². The summed E-state index contributed by atoms with van der Waals surface area (Å²) < 4.78 is 27.9.